The van der Waals surface area contributed by atoms with E-state index in [4.69, 9.17) is 4.42 Å². The van der Waals surface area contributed by atoms with Crippen molar-refractivity contribution in [3.05, 3.63) is 164 Å². The first-order valence-corrected chi connectivity index (χ1v) is 18.3. The zero-order valence-corrected chi connectivity index (χ0v) is 28.2. The monoisotopic (exact) mass is 666 g/mol. The fourth-order valence-electron chi connectivity index (χ4n) is 8.88. The summed E-state index contributed by atoms with van der Waals surface area (Å²) in [5, 5.41) is 7.21. The quantitative estimate of drug-likeness (QED) is 0.171. The molecular formula is C46H27BN2OS. The average molecular weight is 667 g/mol. The molecule has 0 spiro atoms. The van der Waals surface area contributed by atoms with Gasteiger partial charge in [-0.3, -0.25) is 0 Å². The first-order chi connectivity index (χ1) is 25.3. The van der Waals surface area contributed by atoms with Crippen LogP contribution in [0.1, 0.15) is 0 Å². The number of rotatable bonds is 2. The van der Waals surface area contributed by atoms with Gasteiger partial charge in [0.1, 0.15) is 11.2 Å². The third kappa shape index (κ3) is 3.73. The number of anilines is 6. The standard InChI is InChI=1S/C46H27BN2OS/c1-2-11-31-28(10-1)20-23-33-34-26-29(21-24-42(34)50-46(31)33)48-38-15-6-4-13-36(38)47-37-14-5-7-16-39(37)49(41-18-9-17-40(48)45(41)47)30-22-25-44-35(27-30)32-12-3-8-19-43(32)51-44/h1-27H. The fourth-order valence-corrected chi connectivity index (χ4v) is 9.96. The SMILES string of the molecule is c1ccc2c(c1)B1c3ccccc3N(c3ccc4sc5ccccc5c4c3)c3cccc(c31)N2c1ccc2oc3c4ccccc4ccc3c2c1. The molecule has 0 bridgehead atoms. The molecule has 0 fully saturated rings. The van der Waals surface area contributed by atoms with E-state index in [1.807, 2.05) is 11.3 Å². The summed E-state index contributed by atoms with van der Waals surface area (Å²) in [5.41, 5.74) is 13.0. The van der Waals surface area contributed by atoms with E-state index >= 15 is 0 Å². The van der Waals surface area contributed by atoms with Crippen LogP contribution in [0.4, 0.5) is 34.1 Å². The van der Waals surface area contributed by atoms with Gasteiger partial charge < -0.3 is 14.2 Å². The number of thiophene rings is 1. The fraction of sp³-hybridized carbons (Fsp3) is 0. The summed E-state index contributed by atoms with van der Waals surface area (Å²) in [5.74, 6) is 0. The first-order valence-electron chi connectivity index (χ1n) is 17.5. The second-order valence-electron chi connectivity index (χ2n) is 13.7. The minimum absolute atomic E-state index is 0.103. The molecule has 236 valence electrons. The summed E-state index contributed by atoms with van der Waals surface area (Å²) in [6.45, 7) is 0.103. The van der Waals surface area contributed by atoms with Crippen molar-refractivity contribution in [2.24, 2.45) is 0 Å². The van der Waals surface area contributed by atoms with Crippen LogP contribution in [0.2, 0.25) is 0 Å². The number of nitrogens with zero attached hydrogens (tertiary/aromatic N) is 2. The van der Waals surface area contributed by atoms with Crippen LogP contribution >= 0.6 is 11.3 Å². The molecular weight excluding hydrogens is 639 g/mol. The summed E-state index contributed by atoms with van der Waals surface area (Å²) in [6.07, 6.45) is 0. The number of fused-ring (bicyclic) bond motifs is 12. The third-order valence-corrected chi connectivity index (χ3v) is 12.2. The van der Waals surface area contributed by atoms with E-state index in [-0.39, 0.29) is 6.71 Å². The van der Waals surface area contributed by atoms with Gasteiger partial charge in [-0.25, -0.2) is 0 Å². The Morgan fingerprint density at radius 3 is 1.82 bits per heavy atom. The molecule has 3 nitrogen and oxygen atoms in total. The topological polar surface area (TPSA) is 19.6 Å². The van der Waals surface area contributed by atoms with Gasteiger partial charge in [0, 0.05) is 70.5 Å². The molecule has 0 radical (unpaired) electrons. The zero-order chi connectivity index (χ0) is 33.2. The van der Waals surface area contributed by atoms with E-state index in [1.165, 1.54) is 70.4 Å². The van der Waals surface area contributed by atoms with Gasteiger partial charge in [-0.15, -0.1) is 11.3 Å². The Balaban J connectivity index is 1.11. The van der Waals surface area contributed by atoms with Gasteiger partial charge in [0.2, 0.25) is 0 Å². The zero-order valence-electron chi connectivity index (χ0n) is 27.4. The molecule has 12 rings (SSSR count). The Labute approximate surface area is 298 Å². The summed E-state index contributed by atoms with van der Waals surface area (Å²) in [4.78, 5) is 4.95. The van der Waals surface area contributed by atoms with Gasteiger partial charge in [-0.05, 0) is 94.6 Å². The Bertz CT molecular complexity index is 3090. The van der Waals surface area contributed by atoms with E-state index < -0.39 is 0 Å². The lowest BCUT2D eigenvalue weighted by molar-refractivity contribution is 0.672. The first kappa shape index (κ1) is 27.5. The highest BCUT2D eigenvalue weighted by Crippen LogP contribution is 2.46. The molecule has 8 aromatic carbocycles. The van der Waals surface area contributed by atoms with Crippen LogP contribution in [0.15, 0.2) is 168 Å². The minimum atomic E-state index is 0.103. The lowest BCUT2D eigenvalue weighted by Crippen LogP contribution is -2.61. The number of benzene rings is 8. The molecule has 10 aromatic rings. The van der Waals surface area contributed by atoms with Gasteiger partial charge >= 0.3 is 0 Å². The van der Waals surface area contributed by atoms with Gasteiger partial charge in [0.05, 0.1) is 0 Å². The van der Waals surface area contributed by atoms with Crippen molar-refractivity contribution in [1.82, 2.24) is 0 Å². The van der Waals surface area contributed by atoms with Crippen LogP contribution in [0, 0.1) is 0 Å². The van der Waals surface area contributed by atoms with Crippen LogP contribution < -0.4 is 26.2 Å². The molecule has 0 amide bonds. The molecule has 2 aliphatic rings. The van der Waals surface area contributed by atoms with E-state index in [9.17, 15) is 0 Å². The highest BCUT2D eigenvalue weighted by Gasteiger charge is 2.42. The van der Waals surface area contributed by atoms with Crippen LogP contribution in [0.5, 0.6) is 0 Å². The number of furan rings is 1. The minimum Gasteiger partial charge on any atom is -0.455 e. The molecule has 51 heavy (non-hydrogen) atoms. The van der Waals surface area contributed by atoms with Crippen molar-refractivity contribution in [1.29, 1.82) is 0 Å². The predicted octanol–water partition coefficient (Wildman–Crippen LogP) is 11.2. The summed E-state index contributed by atoms with van der Waals surface area (Å²) >= 11 is 1.86. The number of para-hydroxylation sites is 2. The largest absolute Gasteiger partial charge is 0.455 e. The van der Waals surface area contributed by atoms with E-state index in [1.54, 1.807) is 0 Å². The highest BCUT2D eigenvalue weighted by atomic mass is 32.1. The Hall–Kier alpha value is -6.30. The number of hydrogen-bond acceptors (Lipinski definition) is 4. The second-order valence-corrected chi connectivity index (χ2v) is 14.7. The second kappa shape index (κ2) is 10.1. The van der Waals surface area contributed by atoms with Crippen molar-refractivity contribution >= 4 is 121 Å². The maximum Gasteiger partial charge on any atom is 0.252 e. The lowest BCUT2D eigenvalue weighted by Gasteiger charge is -2.44. The van der Waals surface area contributed by atoms with Crippen molar-refractivity contribution < 1.29 is 4.42 Å². The van der Waals surface area contributed by atoms with Crippen molar-refractivity contribution in [3.63, 3.8) is 0 Å². The highest BCUT2D eigenvalue weighted by molar-refractivity contribution is 7.25. The number of hydrogen-bond donors (Lipinski definition) is 0. The Kier molecular flexibility index (Phi) is 5.47. The lowest BCUT2D eigenvalue weighted by atomic mass is 9.33. The molecule has 0 N–H and O–H groups in total. The van der Waals surface area contributed by atoms with Crippen LogP contribution in [-0.2, 0) is 0 Å². The molecule has 5 heteroatoms. The third-order valence-electron chi connectivity index (χ3n) is 11.0. The average Bonchev–Trinajstić information content (AvgIpc) is 3.76. The predicted molar refractivity (Wildman–Crippen MR) is 218 cm³/mol. The van der Waals surface area contributed by atoms with Crippen LogP contribution in [-0.4, -0.2) is 6.71 Å². The molecule has 4 heterocycles. The van der Waals surface area contributed by atoms with Gasteiger partial charge in [0.15, 0.2) is 0 Å². The summed E-state index contributed by atoms with van der Waals surface area (Å²) < 4.78 is 9.17. The van der Waals surface area contributed by atoms with E-state index in [2.05, 4.69) is 174 Å². The molecule has 0 saturated heterocycles. The molecule has 0 atom stereocenters. The van der Waals surface area contributed by atoms with Crippen molar-refractivity contribution in [3.8, 4) is 0 Å². The molecule has 0 aliphatic carbocycles. The summed E-state index contributed by atoms with van der Waals surface area (Å²) in [7, 11) is 0. The summed E-state index contributed by atoms with van der Waals surface area (Å²) in [6, 6.07) is 60.1. The van der Waals surface area contributed by atoms with Gasteiger partial charge in [-0.1, -0.05) is 91.0 Å². The van der Waals surface area contributed by atoms with Crippen molar-refractivity contribution in [2.45, 2.75) is 0 Å². The molecule has 2 aromatic heterocycles. The maximum absolute atomic E-state index is 6.54. The molecule has 0 unspecified atom stereocenters. The van der Waals surface area contributed by atoms with Gasteiger partial charge in [-0.2, -0.15) is 0 Å². The van der Waals surface area contributed by atoms with Crippen molar-refractivity contribution in [2.75, 3.05) is 9.80 Å². The van der Waals surface area contributed by atoms with Gasteiger partial charge in [0.25, 0.3) is 6.71 Å². The maximum atomic E-state index is 6.54. The van der Waals surface area contributed by atoms with E-state index in [0.29, 0.717) is 0 Å². The van der Waals surface area contributed by atoms with E-state index in [0.717, 1.165) is 33.0 Å². The smallest absolute Gasteiger partial charge is 0.252 e. The van der Waals surface area contributed by atoms with Crippen LogP contribution in [0.25, 0.3) is 52.9 Å². The Morgan fingerprint density at radius 2 is 1.04 bits per heavy atom. The molecule has 2 aliphatic heterocycles. The normalized spacial score (nSPS) is 13.4. The van der Waals surface area contributed by atoms with Crippen LogP contribution in [0.3, 0.4) is 0 Å². The molecule has 0 saturated carbocycles. The Morgan fingerprint density at radius 1 is 0.431 bits per heavy atom.